The van der Waals surface area contributed by atoms with Gasteiger partial charge in [-0.05, 0) is 59.7 Å². The van der Waals surface area contributed by atoms with E-state index in [0.717, 1.165) is 18.8 Å². The fourth-order valence-electron chi connectivity index (χ4n) is 2.90. The summed E-state index contributed by atoms with van der Waals surface area (Å²) in [6.45, 7) is 6.89. The van der Waals surface area contributed by atoms with Crippen molar-refractivity contribution in [1.82, 2.24) is 0 Å². The molecule has 2 aromatic carbocycles. The number of ether oxygens (including phenoxy) is 4. The van der Waals surface area contributed by atoms with Crippen molar-refractivity contribution in [2.24, 2.45) is 0 Å². The molecule has 0 saturated carbocycles. The summed E-state index contributed by atoms with van der Waals surface area (Å²) in [7, 11) is 0. The van der Waals surface area contributed by atoms with Crippen molar-refractivity contribution in [3.63, 3.8) is 0 Å². The van der Waals surface area contributed by atoms with E-state index < -0.39 is 5.97 Å². The molecular formula is C25H27IO6. The lowest BCUT2D eigenvalue weighted by molar-refractivity contribution is -0.130. The number of carbonyl (C=O) groups is 1. The number of benzene rings is 2. The largest absolute Gasteiger partial charge is 0.472 e. The number of epoxide rings is 2. The van der Waals surface area contributed by atoms with Crippen LogP contribution in [0.2, 0.25) is 0 Å². The fraction of sp³-hybridized carbons (Fsp3) is 0.400. The highest BCUT2D eigenvalue weighted by molar-refractivity contribution is 14.1. The third-order valence-electron chi connectivity index (χ3n) is 4.92. The van der Waals surface area contributed by atoms with Crippen LogP contribution in [-0.2, 0) is 23.7 Å². The van der Waals surface area contributed by atoms with E-state index in [2.05, 4.69) is 53.5 Å². The van der Waals surface area contributed by atoms with Crippen LogP contribution in [0, 0.1) is 15.4 Å². The number of carboxylic acid groups (broad SMARTS) is 1. The Bertz CT molecular complexity index is 958. The van der Waals surface area contributed by atoms with E-state index in [1.165, 1.54) is 9.13 Å². The number of hydrogen-bond donors (Lipinski definition) is 1. The van der Waals surface area contributed by atoms with Gasteiger partial charge in [0.05, 0.1) is 38.6 Å². The van der Waals surface area contributed by atoms with E-state index in [-0.39, 0.29) is 18.3 Å². The molecule has 2 fully saturated rings. The first-order valence-electron chi connectivity index (χ1n) is 10.5. The van der Waals surface area contributed by atoms with Gasteiger partial charge in [-0.3, -0.25) is 0 Å². The molecule has 0 aliphatic carbocycles. The van der Waals surface area contributed by atoms with Crippen molar-refractivity contribution in [3.8, 4) is 11.8 Å². The van der Waals surface area contributed by atoms with Crippen molar-refractivity contribution >= 4 is 28.6 Å². The van der Waals surface area contributed by atoms with E-state index in [1.807, 2.05) is 37.3 Å². The number of carboxylic acids is 1. The van der Waals surface area contributed by atoms with Crippen molar-refractivity contribution in [3.05, 3.63) is 68.8 Å². The summed E-state index contributed by atoms with van der Waals surface area (Å²) in [4.78, 5) is 10.5. The van der Waals surface area contributed by atoms with E-state index in [4.69, 9.17) is 24.1 Å². The number of aliphatic carboxylic acids is 1. The molecule has 6 nitrogen and oxygen atoms in total. The van der Waals surface area contributed by atoms with Gasteiger partial charge in [0.2, 0.25) is 0 Å². The molecule has 4 atom stereocenters. The summed E-state index contributed by atoms with van der Waals surface area (Å²) < 4.78 is 22.8. The Balaban J connectivity index is 0.000000186. The topological polar surface area (TPSA) is 80.8 Å². The molecular weight excluding hydrogens is 523 g/mol. The summed E-state index contributed by atoms with van der Waals surface area (Å²) >= 11 is 2.34. The minimum Gasteiger partial charge on any atom is -0.472 e. The van der Waals surface area contributed by atoms with E-state index in [1.54, 1.807) is 6.07 Å². The molecule has 2 aliphatic rings. The Morgan fingerprint density at radius 1 is 1.00 bits per heavy atom. The van der Waals surface area contributed by atoms with Gasteiger partial charge in [-0.2, -0.15) is 0 Å². The lowest BCUT2D eigenvalue weighted by Gasteiger charge is -2.14. The summed E-state index contributed by atoms with van der Waals surface area (Å²) in [5.41, 5.74) is 2.84. The molecule has 0 spiro atoms. The minimum absolute atomic E-state index is 0.131. The van der Waals surface area contributed by atoms with Gasteiger partial charge in [0.15, 0.2) is 0 Å². The van der Waals surface area contributed by atoms with Crippen LogP contribution in [0.1, 0.15) is 42.7 Å². The number of hydrogen-bond acceptors (Lipinski definition) is 5. The maximum atomic E-state index is 10.5. The van der Waals surface area contributed by atoms with Crippen LogP contribution in [0.25, 0.3) is 0 Å². The smallest absolute Gasteiger partial charge is 0.382 e. The molecule has 2 aromatic rings. The van der Waals surface area contributed by atoms with Crippen LogP contribution >= 0.6 is 22.6 Å². The molecule has 2 aliphatic heterocycles. The molecule has 2 unspecified atom stereocenters. The highest BCUT2D eigenvalue weighted by Gasteiger charge is 2.24. The Morgan fingerprint density at radius 2 is 1.50 bits per heavy atom. The maximum absolute atomic E-state index is 10.5. The van der Waals surface area contributed by atoms with Crippen LogP contribution in [0.15, 0.2) is 48.5 Å². The molecule has 0 aromatic heterocycles. The number of rotatable bonds is 8. The van der Waals surface area contributed by atoms with E-state index in [9.17, 15) is 4.79 Å². The third kappa shape index (κ3) is 8.52. The molecule has 7 heteroatoms. The van der Waals surface area contributed by atoms with Gasteiger partial charge in [-0.25, -0.2) is 4.79 Å². The molecule has 170 valence electrons. The summed E-state index contributed by atoms with van der Waals surface area (Å²) in [6, 6.07) is 15.7. The van der Waals surface area contributed by atoms with Crippen LogP contribution < -0.4 is 0 Å². The van der Waals surface area contributed by atoms with Gasteiger partial charge in [0, 0.05) is 15.1 Å². The lowest BCUT2D eigenvalue weighted by atomic mass is 10.0. The van der Waals surface area contributed by atoms with Crippen molar-refractivity contribution < 1.29 is 28.8 Å². The second kappa shape index (κ2) is 12.3. The Labute approximate surface area is 202 Å². The molecule has 32 heavy (non-hydrogen) atoms. The van der Waals surface area contributed by atoms with Crippen LogP contribution in [-0.4, -0.2) is 49.7 Å². The second-order valence-corrected chi connectivity index (χ2v) is 8.69. The highest BCUT2D eigenvalue weighted by atomic mass is 127. The predicted octanol–water partition coefficient (Wildman–Crippen LogP) is 4.37. The van der Waals surface area contributed by atoms with Crippen molar-refractivity contribution in [2.75, 3.05) is 26.4 Å². The summed E-state index contributed by atoms with van der Waals surface area (Å²) in [5.74, 6) is 3.62. The zero-order valence-corrected chi connectivity index (χ0v) is 20.3. The fourth-order valence-corrected chi connectivity index (χ4v) is 3.73. The van der Waals surface area contributed by atoms with Gasteiger partial charge >= 0.3 is 5.97 Å². The highest BCUT2D eigenvalue weighted by Crippen LogP contribution is 2.24. The van der Waals surface area contributed by atoms with Gasteiger partial charge < -0.3 is 24.1 Å². The van der Waals surface area contributed by atoms with E-state index in [0.29, 0.717) is 24.9 Å². The summed E-state index contributed by atoms with van der Waals surface area (Å²) in [6.07, 6.45) is 0.587. The first-order valence-corrected chi connectivity index (χ1v) is 11.6. The molecule has 1 N–H and O–H groups in total. The number of halogens is 1. The normalized spacial score (nSPS) is 20.1. The molecule has 0 amide bonds. The van der Waals surface area contributed by atoms with E-state index >= 15 is 0 Å². The third-order valence-corrected chi connectivity index (χ3v) is 5.90. The van der Waals surface area contributed by atoms with Crippen molar-refractivity contribution in [2.45, 2.75) is 38.3 Å². The summed E-state index contributed by atoms with van der Waals surface area (Å²) in [5, 5.41) is 8.57. The minimum atomic E-state index is -1.13. The van der Waals surface area contributed by atoms with Gasteiger partial charge in [-0.15, -0.1) is 0 Å². The Hall–Kier alpha value is -1.96. The predicted molar refractivity (Wildman–Crippen MR) is 128 cm³/mol. The molecule has 2 heterocycles. The lowest BCUT2D eigenvalue weighted by Crippen LogP contribution is -2.07. The monoisotopic (exact) mass is 550 g/mol. The SMILES string of the molecule is CC(OC[C@H]1CO1)c1ccccc1C#CC(=O)O.CC(OC[C@H]1CO1)c1ccccc1I. The first kappa shape index (κ1) is 24.7. The molecule has 0 radical (unpaired) electrons. The first-order chi connectivity index (χ1) is 15.4. The zero-order chi connectivity index (χ0) is 22.9. The zero-order valence-electron chi connectivity index (χ0n) is 18.1. The van der Waals surface area contributed by atoms with Crippen molar-refractivity contribution in [1.29, 1.82) is 0 Å². The van der Waals surface area contributed by atoms with Gasteiger partial charge in [-0.1, -0.05) is 42.3 Å². The average molecular weight is 550 g/mol. The average Bonchev–Trinajstić information content (AvgIpc) is 3.70. The Kier molecular flexibility index (Phi) is 9.51. The quantitative estimate of drug-likeness (QED) is 0.299. The molecule has 4 rings (SSSR count). The van der Waals surface area contributed by atoms with Crippen LogP contribution in [0.3, 0.4) is 0 Å². The van der Waals surface area contributed by atoms with Crippen LogP contribution in [0.5, 0.6) is 0 Å². The second-order valence-electron chi connectivity index (χ2n) is 7.53. The standard InChI is InChI=1S/C14H14O4.C11H13IO2/c1-10(17-8-12-9-18-12)13-5-3-2-4-11(13)6-7-14(15)16;1-8(13-6-9-7-14-9)10-4-2-3-5-11(10)12/h2-5,10,12H,8-9H2,1H3,(H,15,16);2-5,8-9H,6-7H2,1H3/t10?,12-;8?,9-/m00/s1. The molecule has 0 bridgehead atoms. The van der Waals surface area contributed by atoms with Crippen LogP contribution in [0.4, 0.5) is 0 Å². The Morgan fingerprint density at radius 3 is 2.03 bits per heavy atom. The van der Waals surface area contributed by atoms with Gasteiger partial charge in [0.25, 0.3) is 0 Å². The molecule has 2 saturated heterocycles. The maximum Gasteiger partial charge on any atom is 0.382 e. The van der Waals surface area contributed by atoms with Gasteiger partial charge in [0.1, 0.15) is 12.2 Å².